The summed E-state index contributed by atoms with van der Waals surface area (Å²) in [6.45, 7) is 0.333. The molecule has 0 bridgehead atoms. The van der Waals surface area contributed by atoms with Gasteiger partial charge in [0, 0.05) is 5.56 Å². The molecule has 0 unspecified atom stereocenters. The van der Waals surface area contributed by atoms with E-state index in [9.17, 15) is 4.39 Å². The predicted octanol–water partition coefficient (Wildman–Crippen LogP) is 1.23. The molecule has 1 aliphatic heterocycles. The average Bonchev–Trinajstić information content (AvgIpc) is 2.50. The Labute approximate surface area is 75.3 Å². The third kappa shape index (κ3) is 1.14. The molecule has 0 spiro atoms. The number of nitrogens with two attached hydrogens (primary N) is 1. The van der Waals surface area contributed by atoms with Crippen molar-refractivity contribution in [2.75, 3.05) is 13.7 Å². The van der Waals surface area contributed by atoms with Gasteiger partial charge < -0.3 is 15.2 Å². The van der Waals surface area contributed by atoms with Crippen LogP contribution in [0.5, 0.6) is 11.5 Å². The molecule has 4 heteroatoms. The lowest BCUT2D eigenvalue weighted by molar-refractivity contribution is 0.310. The number of hydrogen-bond donors (Lipinski definition) is 1. The van der Waals surface area contributed by atoms with Gasteiger partial charge in [-0.1, -0.05) is 0 Å². The number of benzene rings is 1. The quantitative estimate of drug-likeness (QED) is 0.712. The van der Waals surface area contributed by atoms with Gasteiger partial charge >= 0.3 is 0 Å². The zero-order valence-electron chi connectivity index (χ0n) is 7.21. The first-order valence-electron chi connectivity index (χ1n) is 3.99. The second-order valence-corrected chi connectivity index (χ2v) is 2.92. The molecule has 1 aliphatic rings. The Bertz CT molecular complexity index is 341. The maximum Gasteiger partial charge on any atom is 0.207 e. The summed E-state index contributed by atoms with van der Waals surface area (Å²) in [7, 11) is 1.42. The number of halogens is 1. The van der Waals surface area contributed by atoms with Crippen LogP contribution in [-0.4, -0.2) is 13.7 Å². The number of fused-ring (bicyclic) bond motifs is 1. The molecule has 70 valence electrons. The SMILES string of the molecule is COc1ccc2c(c1F)OC[C@H]2N. The molecule has 1 aromatic carbocycles. The third-order valence-electron chi connectivity index (χ3n) is 2.12. The fourth-order valence-corrected chi connectivity index (χ4v) is 1.41. The van der Waals surface area contributed by atoms with Crippen LogP contribution >= 0.6 is 0 Å². The molecule has 0 amide bonds. The Balaban J connectivity index is 2.54. The zero-order valence-corrected chi connectivity index (χ0v) is 7.21. The molecular formula is C9H10FNO2. The zero-order chi connectivity index (χ0) is 9.42. The number of ether oxygens (including phenoxy) is 2. The predicted molar refractivity (Wildman–Crippen MR) is 45.4 cm³/mol. The molecule has 0 saturated heterocycles. The summed E-state index contributed by atoms with van der Waals surface area (Å²) in [6.07, 6.45) is 0. The van der Waals surface area contributed by atoms with Gasteiger partial charge in [-0.05, 0) is 12.1 Å². The molecule has 1 heterocycles. The van der Waals surface area contributed by atoms with Gasteiger partial charge in [0.25, 0.3) is 0 Å². The van der Waals surface area contributed by atoms with Crippen molar-refractivity contribution in [3.63, 3.8) is 0 Å². The van der Waals surface area contributed by atoms with E-state index in [4.69, 9.17) is 15.2 Å². The first kappa shape index (κ1) is 8.31. The number of rotatable bonds is 1. The highest BCUT2D eigenvalue weighted by Crippen LogP contribution is 2.37. The van der Waals surface area contributed by atoms with Gasteiger partial charge in [-0.2, -0.15) is 4.39 Å². The van der Waals surface area contributed by atoms with Gasteiger partial charge in [0.2, 0.25) is 5.82 Å². The summed E-state index contributed by atoms with van der Waals surface area (Å²) in [5, 5.41) is 0. The van der Waals surface area contributed by atoms with Crippen LogP contribution in [-0.2, 0) is 0 Å². The lowest BCUT2D eigenvalue weighted by Crippen LogP contribution is -2.10. The molecule has 0 fully saturated rings. The smallest absolute Gasteiger partial charge is 0.207 e. The second kappa shape index (κ2) is 2.88. The normalized spacial score (nSPS) is 19.5. The van der Waals surface area contributed by atoms with E-state index in [0.29, 0.717) is 12.2 Å². The Morgan fingerprint density at radius 1 is 1.62 bits per heavy atom. The van der Waals surface area contributed by atoms with E-state index in [1.807, 2.05) is 0 Å². The minimum absolute atomic E-state index is 0.188. The molecule has 3 nitrogen and oxygen atoms in total. The van der Waals surface area contributed by atoms with Crippen LogP contribution in [0, 0.1) is 5.82 Å². The molecule has 0 aromatic heterocycles. The largest absolute Gasteiger partial charge is 0.494 e. The molecule has 0 radical (unpaired) electrons. The molecular weight excluding hydrogens is 173 g/mol. The highest BCUT2D eigenvalue weighted by Gasteiger charge is 2.25. The standard InChI is InChI=1S/C9H10FNO2/c1-12-7-3-2-5-6(11)4-13-9(5)8(7)10/h2-3,6H,4,11H2,1H3/t6-/m1/s1. The maximum atomic E-state index is 13.4. The molecule has 2 rings (SSSR count). The summed E-state index contributed by atoms with van der Waals surface area (Å²) in [6, 6.07) is 3.06. The van der Waals surface area contributed by atoms with Crippen molar-refractivity contribution in [2.45, 2.75) is 6.04 Å². The molecule has 0 saturated carbocycles. The Morgan fingerprint density at radius 2 is 2.38 bits per heavy atom. The van der Waals surface area contributed by atoms with Crippen LogP contribution < -0.4 is 15.2 Å². The van der Waals surface area contributed by atoms with Crippen LogP contribution in [0.15, 0.2) is 12.1 Å². The van der Waals surface area contributed by atoms with Gasteiger partial charge in [-0.15, -0.1) is 0 Å². The molecule has 13 heavy (non-hydrogen) atoms. The first-order chi connectivity index (χ1) is 6.24. The van der Waals surface area contributed by atoms with Crippen molar-refractivity contribution in [1.82, 2.24) is 0 Å². The minimum Gasteiger partial charge on any atom is -0.494 e. The molecule has 0 aliphatic carbocycles. The van der Waals surface area contributed by atoms with Crippen molar-refractivity contribution >= 4 is 0 Å². The molecule has 1 atom stereocenters. The summed E-state index contributed by atoms with van der Waals surface area (Å²) in [5.41, 5.74) is 6.38. The van der Waals surface area contributed by atoms with Crippen LogP contribution in [0.25, 0.3) is 0 Å². The Hall–Kier alpha value is -1.29. The molecule has 2 N–H and O–H groups in total. The number of hydrogen-bond acceptors (Lipinski definition) is 3. The summed E-state index contributed by atoms with van der Waals surface area (Å²) < 4.78 is 23.4. The van der Waals surface area contributed by atoms with Gasteiger partial charge in [0.1, 0.15) is 6.61 Å². The lowest BCUT2D eigenvalue weighted by Gasteiger charge is -2.05. The fraction of sp³-hybridized carbons (Fsp3) is 0.333. The number of methoxy groups -OCH3 is 1. The van der Waals surface area contributed by atoms with Gasteiger partial charge in [0.15, 0.2) is 11.5 Å². The van der Waals surface area contributed by atoms with E-state index in [0.717, 1.165) is 0 Å². The van der Waals surface area contributed by atoms with E-state index < -0.39 is 5.82 Å². The van der Waals surface area contributed by atoms with Crippen molar-refractivity contribution in [3.05, 3.63) is 23.5 Å². The third-order valence-corrected chi connectivity index (χ3v) is 2.12. The van der Waals surface area contributed by atoms with Crippen molar-refractivity contribution < 1.29 is 13.9 Å². The topological polar surface area (TPSA) is 44.5 Å². The lowest BCUT2D eigenvalue weighted by atomic mass is 10.1. The second-order valence-electron chi connectivity index (χ2n) is 2.92. The summed E-state index contributed by atoms with van der Waals surface area (Å²) in [4.78, 5) is 0. The fourth-order valence-electron chi connectivity index (χ4n) is 1.41. The first-order valence-corrected chi connectivity index (χ1v) is 3.99. The maximum absolute atomic E-state index is 13.4. The Morgan fingerprint density at radius 3 is 3.08 bits per heavy atom. The highest BCUT2D eigenvalue weighted by molar-refractivity contribution is 5.46. The summed E-state index contributed by atoms with van der Waals surface area (Å²) >= 11 is 0. The minimum atomic E-state index is -0.465. The monoisotopic (exact) mass is 183 g/mol. The van der Waals surface area contributed by atoms with Crippen molar-refractivity contribution in [1.29, 1.82) is 0 Å². The van der Waals surface area contributed by atoms with Gasteiger partial charge in [-0.25, -0.2) is 0 Å². The van der Waals surface area contributed by atoms with Crippen LogP contribution in [0.3, 0.4) is 0 Å². The van der Waals surface area contributed by atoms with Crippen molar-refractivity contribution in [3.8, 4) is 11.5 Å². The van der Waals surface area contributed by atoms with Crippen LogP contribution in [0.1, 0.15) is 11.6 Å². The summed E-state index contributed by atoms with van der Waals surface area (Å²) in [5.74, 6) is -0.0485. The highest BCUT2D eigenvalue weighted by atomic mass is 19.1. The van der Waals surface area contributed by atoms with Crippen LogP contribution in [0.2, 0.25) is 0 Å². The van der Waals surface area contributed by atoms with Gasteiger partial charge in [-0.3, -0.25) is 0 Å². The van der Waals surface area contributed by atoms with E-state index in [1.165, 1.54) is 7.11 Å². The van der Waals surface area contributed by atoms with E-state index >= 15 is 0 Å². The average molecular weight is 183 g/mol. The van der Waals surface area contributed by atoms with E-state index in [1.54, 1.807) is 12.1 Å². The van der Waals surface area contributed by atoms with E-state index in [2.05, 4.69) is 0 Å². The Kier molecular flexibility index (Phi) is 1.84. The molecule has 1 aromatic rings. The van der Waals surface area contributed by atoms with Crippen LogP contribution in [0.4, 0.5) is 4.39 Å². The van der Waals surface area contributed by atoms with Gasteiger partial charge in [0.05, 0.1) is 13.2 Å². The van der Waals surface area contributed by atoms with E-state index in [-0.39, 0.29) is 17.5 Å². The van der Waals surface area contributed by atoms with Crippen molar-refractivity contribution in [2.24, 2.45) is 5.73 Å².